The average Bonchev–Trinajstić information content (AvgIpc) is 2.50. The Morgan fingerprint density at radius 2 is 2.36 bits per heavy atom. The Morgan fingerprint density at radius 3 is 2.79 bits per heavy atom. The standard InChI is InChI=1S/C9H9BrN2OS/c10-9-2-1-8(14-9)7(3-11)12-4-6(13)5-12/h1-2,6-7,13H,4-5H2. The molecule has 0 aliphatic carbocycles. The highest BCUT2D eigenvalue weighted by atomic mass is 79.9. The van der Waals surface area contributed by atoms with Crippen LogP contribution in [0, 0.1) is 11.3 Å². The van der Waals surface area contributed by atoms with Crippen molar-refractivity contribution in [3.8, 4) is 6.07 Å². The molecule has 1 atom stereocenters. The molecule has 1 fully saturated rings. The molecule has 1 unspecified atom stereocenters. The van der Waals surface area contributed by atoms with E-state index < -0.39 is 0 Å². The van der Waals surface area contributed by atoms with Crippen LogP contribution in [-0.4, -0.2) is 29.2 Å². The number of nitriles is 1. The maximum atomic E-state index is 9.16. The molecule has 1 aromatic rings. The highest BCUT2D eigenvalue weighted by molar-refractivity contribution is 9.11. The Morgan fingerprint density at radius 1 is 1.64 bits per heavy atom. The van der Waals surface area contributed by atoms with Gasteiger partial charge in [-0.2, -0.15) is 5.26 Å². The minimum Gasteiger partial charge on any atom is -0.390 e. The molecule has 1 N–H and O–H groups in total. The van der Waals surface area contributed by atoms with Crippen LogP contribution in [-0.2, 0) is 0 Å². The van der Waals surface area contributed by atoms with Crippen LogP contribution in [0.1, 0.15) is 10.9 Å². The van der Waals surface area contributed by atoms with Gasteiger partial charge in [-0.25, -0.2) is 0 Å². The lowest BCUT2D eigenvalue weighted by Crippen LogP contribution is -2.51. The predicted molar refractivity (Wildman–Crippen MR) is 58.0 cm³/mol. The van der Waals surface area contributed by atoms with E-state index >= 15 is 0 Å². The number of nitrogens with zero attached hydrogens (tertiary/aromatic N) is 2. The summed E-state index contributed by atoms with van der Waals surface area (Å²) in [5, 5.41) is 18.2. The molecule has 0 spiro atoms. The molecule has 0 amide bonds. The van der Waals surface area contributed by atoms with Gasteiger partial charge in [0.1, 0.15) is 6.04 Å². The Kier molecular flexibility index (Phi) is 2.88. The fraction of sp³-hybridized carbons (Fsp3) is 0.444. The first-order valence-electron chi connectivity index (χ1n) is 4.27. The largest absolute Gasteiger partial charge is 0.390 e. The van der Waals surface area contributed by atoms with Crippen LogP contribution in [0.5, 0.6) is 0 Å². The normalized spacial score (nSPS) is 20.1. The number of rotatable bonds is 2. The van der Waals surface area contributed by atoms with E-state index in [-0.39, 0.29) is 12.1 Å². The van der Waals surface area contributed by atoms with Crippen molar-refractivity contribution in [2.75, 3.05) is 13.1 Å². The van der Waals surface area contributed by atoms with Crippen LogP contribution < -0.4 is 0 Å². The number of β-amino-alcohol motifs (C(OH)–C–C–N with tert-alkyl or cyclic N) is 1. The van der Waals surface area contributed by atoms with E-state index in [2.05, 4.69) is 22.0 Å². The van der Waals surface area contributed by atoms with Gasteiger partial charge in [-0.05, 0) is 28.1 Å². The van der Waals surface area contributed by atoms with E-state index in [1.165, 1.54) is 0 Å². The third-order valence-corrected chi connectivity index (χ3v) is 3.92. The lowest BCUT2D eigenvalue weighted by Gasteiger charge is -2.38. The summed E-state index contributed by atoms with van der Waals surface area (Å²) in [7, 11) is 0. The summed E-state index contributed by atoms with van der Waals surface area (Å²) in [4.78, 5) is 3.01. The topological polar surface area (TPSA) is 47.3 Å². The predicted octanol–water partition coefficient (Wildman–Crippen LogP) is 1.75. The summed E-state index contributed by atoms with van der Waals surface area (Å²) in [6, 6.07) is 5.96. The summed E-state index contributed by atoms with van der Waals surface area (Å²) < 4.78 is 1.04. The van der Waals surface area contributed by atoms with E-state index in [1.54, 1.807) is 11.3 Å². The zero-order chi connectivity index (χ0) is 10.1. The van der Waals surface area contributed by atoms with Gasteiger partial charge in [0.05, 0.1) is 16.0 Å². The third-order valence-electron chi connectivity index (χ3n) is 2.24. The first-order chi connectivity index (χ1) is 6.70. The Bertz CT molecular complexity index is 367. The van der Waals surface area contributed by atoms with Gasteiger partial charge < -0.3 is 5.11 Å². The highest BCUT2D eigenvalue weighted by Crippen LogP contribution is 2.32. The Labute approximate surface area is 94.7 Å². The summed E-state index contributed by atoms with van der Waals surface area (Å²) in [5.74, 6) is 0. The molecule has 1 aromatic heterocycles. The van der Waals surface area contributed by atoms with Crippen LogP contribution in [0.2, 0.25) is 0 Å². The van der Waals surface area contributed by atoms with Gasteiger partial charge in [-0.1, -0.05) is 0 Å². The zero-order valence-corrected chi connectivity index (χ0v) is 9.75. The molecule has 1 aliphatic heterocycles. The Hall–Kier alpha value is -0.410. The molecule has 2 heterocycles. The number of aliphatic hydroxyl groups excluding tert-OH is 1. The summed E-state index contributed by atoms with van der Waals surface area (Å²) >= 11 is 4.94. The van der Waals surface area contributed by atoms with Crippen molar-refractivity contribution in [1.29, 1.82) is 5.26 Å². The number of hydrogen-bond donors (Lipinski definition) is 1. The average molecular weight is 273 g/mol. The highest BCUT2D eigenvalue weighted by Gasteiger charge is 2.32. The number of halogens is 1. The van der Waals surface area contributed by atoms with Crippen LogP contribution in [0.15, 0.2) is 15.9 Å². The summed E-state index contributed by atoms with van der Waals surface area (Å²) in [6.45, 7) is 1.21. The van der Waals surface area contributed by atoms with Crippen molar-refractivity contribution in [3.63, 3.8) is 0 Å². The van der Waals surface area contributed by atoms with Crippen LogP contribution in [0.4, 0.5) is 0 Å². The lowest BCUT2D eigenvalue weighted by molar-refractivity contribution is -0.0120. The second-order valence-corrected chi connectivity index (χ2v) is 5.78. The zero-order valence-electron chi connectivity index (χ0n) is 7.35. The fourth-order valence-electron chi connectivity index (χ4n) is 1.50. The maximum Gasteiger partial charge on any atom is 0.133 e. The van der Waals surface area contributed by atoms with Crippen molar-refractivity contribution in [1.82, 2.24) is 4.90 Å². The van der Waals surface area contributed by atoms with Crippen molar-refractivity contribution >= 4 is 27.3 Å². The van der Waals surface area contributed by atoms with Crippen LogP contribution in [0.3, 0.4) is 0 Å². The third kappa shape index (κ3) is 1.84. The smallest absolute Gasteiger partial charge is 0.133 e. The first kappa shape index (κ1) is 10.1. The molecule has 5 heteroatoms. The van der Waals surface area contributed by atoms with Crippen molar-refractivity contribution in [2.45, 2.75) is 12.1 Å². The van der Waals surface area contributed by atoms with E-state index in [0.29, 0.717) is 13.1 Å². The number of hydrogen-bond acceptors (Lipinski definition) is 4. The van der Waals surface area contributed by atoms with Gasteiger partial charge in [-0.3, -0.25) is 4.90 Å². The minimum absolute atomic E-state index is 0.199. The van der Waals surface area contributed by atoms with Gasteiger partial charge >= 0.3 is 0 Å². The van der Waals surface area contributed by atoms with E-state index in [0.717, 1.165) is 8.66 Å². The van der Waals surface area contributed by atoms with Crippen molar-refractivity contribution in [2.24, 2.45) is 0 Å². The molecule has 2 rings (SSSR count). The van der Waals surface area contributed by atoms with Crippen molar-refractivity contribution < 1.29 is 5.11 Å². The molecule has 3 nitrogen and oxygen atoms in total. The van der Waals surface area contributed by atoms with Crippen LogP contribution in [0.25, 0.3) is 0 Å². The van der Waals surface area contributed by atoms with Gasteiger partial charge in [-0.15, -0.1) is 11.3 Å². The molecule has 1 saturated heterocycles. The maximum absolute atomic E-state index is 9.16. The molecule has 0 bridgehead atoms. The number of thiophene rings is 1. The second kappa shape index (κ2) is 3.99. The molecule has 0 aromatic carbocycles. The SMILES string of the molecule is N#CC(c1ccc(Br)s1)N1CC(O)C1. The van der Waals surface area contributed by atoms with E-state index in [4.69, 9.17) is 10.4 Å². The second-order valence-electron chi connectivity index (χ2n) is 3.28. The molecule has 74 valence electrons. The van der Waals surface area contributed by atoms with Gasteiger partial charge in [0, 0.05) is 18.0 Å². The van der Waals surface area contributed by atoms with Crippen molar-refractivity contribution in [3.05, 3.63) is 20.8 Å². The number of aliphatic hydroxyl groups is 1. The molecule has 1 aliphatic rings. The Balaban J connectivity index is 2.11. The van der Waals surface area contributed by atoms with Gasteiger partial charge in [0.2, 0.25) is 0 Å². The lowest BCUT2D eigenvalue weighted by atomic mass is 10.1. The quantitative estimate of drug-likeness (QED) is 0.893. The molecule has 0 saturated carbocycles. The molecular weight excluding hydrogens is 264 g/mol. The molecular formula is C9H9BrN2OS. The fourth-order valence-corrected chi connectivity index (χ4v) is 3.00. The van der Waals surface area contributed by atoms with E-state index in [9.17, 15) is 0 Å². The molecule has 14 heavy (non-hydrogen) atoms. The van der Waals surface area contributed by atoms with Crippen LogP contribution >= 0.6 is 27.3 Å². The summed E-state index contributed by atoms with van der Waals surface area (Å²) in [5.41, 5.74) is 0. The monoisotopic (exact) mass is 272 g/mol. The summed E-state index contributed by atoms with van der Waals surface area (Å²) in [6.07, 6.45) is -0.255. The molecule has 0 radical (unpaired) electrons. The minimum atomic E-state index is -0.255. The van der Waals surface area contributed by atoms with Gasteiger partial charge in [0.15, 0.2) is 0 Å². The number of likely N-dealkylation sites (tertiary alicyclic amines) is 1. The van der Waals surface area contributed by atoms with E-state index in [1.807, 2.05) is 17.0 Å². The first-order valence-corrected chi connectivity index (χ1v) is 5.88. The van der Waals surface area contributed by atoms with Gasteiger partial charge in [0.25, 0.3) is 0 Å².